The molecule has 1 aromatic carbocycles. The number of nitrogens with one attached hydrogen (secondary N) is 2. The Hall–Kier alpha value is -3.47. The fourth-order valence-electron chi connectivity index (χ4n) is 4.84. The molecule has 1 saturated carbocycles. The lowest BCUT2D eigenvalue weighted by Crippen LogP contribution is -3.13. The maximum atomic E-state index is 11.8. The second kappa shape index (κ2) is 8.49. The van der Waals surface area contributed by atoms with E-state index in [0.29, 0.717) is 17.7 Å². The first kappa shape index (κ1) is 21.2. The van der Waals surface area contributed by atoms with Gasteiger partial charge in [0, 0.05) is 11.8 Å². The van der Waals surface area contributed by atoms with Crippen LogP contribution in [-0.4, -0.2) is 38.4 Å². The number of rotatable bonds is 4. The van der Waals surface area contributed by atoms with Crippen molar-refractivity contribution in [1.82, 2.24) is 0 Å². The molecular formula is C23H24N5O2+. The van der Waals surface area contributed by atoms with Gasteiger partial charge >= 0.3 is 5.97 Å². The number of nitrogens with zero attached hydrogens (tertiary/aromatic N) is 3. The number of methoxy groups -OCH3 is 1. The van der Waals surface area contributed by atoms with Gasteiger partial charge in [0.2, 0.25) is 0 Å². The lowest BCUT2D eigenvalue weighted by atomic mass is 9.54. The predicted octanol–water partition coefficient (Wildman–Crippen LogP) is 1.61. The standard InChI is InChI=1S/C23H23N5O2/c1-3-9-28-10-8-17-18(11-24)21(27)23(13-25,14-26)20(19(17)12-28)15-4-6-16(7-5-15)22(29)30-2/h4-8,18-20,27H,3,9-10,12H2,1-2H3/p+1/t18?,19-,20+/m0/s1. The molecule has 1 heterocycles. The molecule has 1 aromatic rings. The van der Waals surface area contributed by atoms with E-state index in [4.69, 9.17) is 10.1 Å². The van der Waals surface area contributed by atoms with Crippen LogP contribution in [0.15, 0.2) is 35.9 Å². The summed E-state index contributed by atoms with van der Waals surface area (Å²) >= 11 is 0. The average Bonchev–Trinajstić information content (AvgIpc) is 2.78. The van der Waals surface area contributed by atoms with E-state index in [-0.39, 0.29) is 11.6 Å². The van der Waals surface area contributed by atoms with Gasteiger partial charge in [-0.1, -0.05) is 19.1 Å². The van der Waals surface area contributed by atoms with E-state index >= 15 is 0 Å². The zero-order chi connectivity index (χ0) is 21.9. The first-order valence-corrected chi connectivity index (χ1v) is 10.00. The largest absolute Gasteiger partial charge is 0.465 e. The Morgan fingerprint density at radius 2 is 1.93 bits per heavy atom. The number of carbonyl (C=O) groups excluding carboxylic acids is 1. The Morgan fingerprint density at radius 3 is 2.47 bits per heavy atom. The lowest BCUT2D eigenvalue weighted by Gasteiger charge is -2.46. The third-order valence-electron chi connectivity index (χ3n) is 6.26. The first-order chi connectivity index (χ1) is 14.5. The highest BCUT2D eigenvalue weighted by Crippen LogP contribution is 2.52. The van der Waals surface area contributed by atoms with Crippen LogP contribution in [0.1, 0.15) is 35.2 Å². The molecule has 0 radical (unpaired) electrons. The monoisotopic (exact) mass is 402 g/mol. The third-order valence-corrected chi connectivity index (χ3v) is 6.26. The van der Waals surface area contributed by atoms with Crippen molar-refractivity contribution in [2.24, 2.45) is 17.3 Å². The number of nitriles is 3. The van der Waals surface area contributed by atoms with Crippen molar-refractivity contribution in [3.63, 3.8) is 0 Å². The summed E-state index contributed by atoms with van der Waals surface area (Å²) < 4.78 is 4.75. The number of ether oxygens (including phenoxy) is 1. The number of quaternary nitrogens is 1. The summed E-state index contributed by atoms with van der Waals surface area (Å²) in [6.07, 6.45) is 3.03. The molecular weight excluding hydrogens is 378 g/mol. The van der Waals surface area contributed by atoms with Crippen molar-refractivity contribution in [2.45, 2.75) is 19.3 Å². The maximum Gasteiger partial charge on any atom is 0.337 e. The highest BCUT2D eigenvalue weighted by atomic mass is 16.5. The van der Waals surface area contributed by atoms with Crippen molar-refractivity contribution < 1.29 is 14.4 Å². The molecule has 0 saturated heterocycles. The summed E-state index contributed by atoms with van der Waals surface area (Å²) in [6, 6.07) is 13.0. The van der Waals surface area contributed by atoms with Gasteiger partial charge in [-0.3, -0.25) is 0 Å². The third kappa shape index (κ3) is 3.26. The fraction of sp³-hybridized carbons (Fsp3) is 0.435. The Bertz CT molecular complexity index is 992. The SMILES string of the molecule is CCC[NH+]1CC=C2C(C#N)C(=N)C(C#N)(C#N)[C@H](c3ccc(C(=O)OC)cc3)[C@H]2C1. The van der Waals surface area contributed by atoms with Gasteiger partial charge < -0.3 is 15.0 Å². The lowest BCUT2D eigenvalue weighted by molar-refractivity contribution is -0.899. The van der Waals surface area contributed by atoms with Crippen LogP contribution in [-0.2, 0) is 4.74 Å². The molecule has 1 aliphatic heterocycles. The second-order valence-electron chi connectivity index (χ2n) is 7.82. The van der Waals surface area contributed by atoms with Gasteiger partial charge in [0.25, 0.3) is 0 Å². The van der Waals surface area contributed by atoms with Crippen LogP contribution in [0.3, 0.4) is 0 Å². The molecule has 3 rings (SSSR count). The van der Waals surface area contributed by atoms with Gasteiger partial charge in [-0.15, -0.1) is 0 Å². The van der Waals surface area contributed by atoms with Crippen molar-refractivity contribution in [3.8, 4) is 18.2 Å². The first-order valence-electron chi connectivity index (χ1n) is 10.00. The van der Waals surface area contributed by atoms with Gasteiger partial charge in [0.1, 0.15) is 5.92 Å². The van der Waals surface area contributed by atoms with E-state index in [9.17, 15) is 20.6 Å². The van der Waals surface area contributed by atoms with Crippen LogP contribution < -0.4 is 4.90 Å². The molecule has 2 N–H and O–H groups in total. The van der Waals surface area contributed by atoms with E-state index in [1.54, 1.807) is 24.3 Å². The molecule has 1 aliphatic carbocycles. The minimum atomic E-state index is -1.73. The number of fused-ring (bicyclic) bond motifs is 1. The Balaban J connectivity index is 2.16. The molecule has 152 valence electrons. The van der Waals surface area contributed by atoms with Gasteiger partial charge in [-0.05, 0) is 35.8 Å². The fourth-order valence-corrected chi connectivity index (χ4v) is 4.84. The van der Waals surface area contributed by atoms with Gasteiger partial charge in [-0.25, -0.2) is 4.79 Å². The molecule has 2 unspecified atom stereocenters. The molecule has 1 fully saturated rings. The number of hydrogen-bond acceptors (Lipinski definition) is 6. The predicted molar refractivity (Wildman–Crippen MR) is 108 cm³/mol. The number of benzene rings is 1. The highest BCUT2D eigenvalue weighted by Gasteiger charge is 2.58. The zero-order valence-corrected chi connectivity index (χ0v) is 17.1. The number of esters is 1. The van der Waals surface area contributed by atoms with E-state index in [1.165, 1.54) is 12.0 Å². The van der Waals surface area contributed by atoms with Crippen LogP contribution >= 0.6 is 0 Å². The van der Waals surface area contributed by atoms with Crippen molar-refractivity contribution >= 4 is 11.7 Å². The second-order valence-corrected chi connectivity index (χ2v) is 7.82. The van der Waals surface area contributed by atoms with Gasteiger partial charge in [-0.2, -0.15) is 15.8 Å². The molecule has 30 heavy (non-hydrogen) atoms. The highest BCUT2D eigenvalue weighted by molar-refractivity contribution is 6.00. The smallest absolute Gasteiger partial charge is 0.337 e. The average molecular weight is 402 g/mol. The molecule has 2 aliphatic rings. The Labute approximate surface area is 176 Å². The minimum absolute atomic E-state index is 0.154. The normalized spacial score (nSPS) is 26.9. The summed E-state index contributed by atoms with van der Waals surface area (Å²) in [7, 11) is 1.31. The van der Waals surface area contributed by atoms with E-state index in [0.717, 1.165) is 25.1 Å². The van der Waals surface area contributed by atoms with Crippen molar-refractivity contribution in [1.29, 1.82) is 21.2 Å². The minimum Gasteiger partial charge on any atom is -0.465 e. The van der Waals surface area contributed by atoms with E-state index in [1.807, 2.05) is 6.08 Å². The molecule has 0 spiro atoms. The van der Waals surface area contributed by atoms with Crippen molar-refractivity contribution in [3.05, 3.63) is 47.0 Å². The summed E-state index contributed by atoms with van der Waals surface area (Å²) in [6.45, 7) is 4.53. The van der Waals surface area contributed by atoms with Crippen LogP contribution in [0.2, 0.25) is 0 Å². The molecule has 7 nitrogen and oxygen atoms in total. The summed E-state index contributed by atoms with van der Waals surface area (Å²) in [5.41, 5.74) is 0.0351. The molecule has 7 heteroatoms. The molecule has 0 aromatic heterocycles. The maximum absolute atomic E-state index is 11.8. The topological polar surface area (TPSA) is 126 Å². The molecule has 0 bridgehead atoms. The number of hydrogen-bond donors (Lipinski definition) is 2. The van der Waals surface area contributed by atoms with Crippen LogP contribution in [0, 0.1) is 56.7 Å². The summed E-state index contributed by atoms with van der Waals surface area (Å²) in [4.78, 5) is 13.1. The summed E-state index contributed by atoms with van der Waals surface area (Å²) in [5, 5.41) is 38.6. The molecule has 0 amide bonds. The van der Waals surface area contributed by atoms with E-state index in [2.05, 4.69) is 25.1 Å². The zero-order valence-electron chi connectivity index (χ0n) is 17.1. The Morgan fingerprint density at radius 1 is 1.27 bits per heavy atom. The summed E-state index contributed by atoms with van der Waals surface area (Å²) in [5.74, 6) is -2.12. The quantitative estimate of drug-likeness (QED) is 0.584. The van der Waals surface area contributed by atoms with E-state index < -0.39 is 23.2 Å². The molecule has 4 atom stereocenters. The van der Waals surface area contributed by atoms with Gasteiger partial charge in [0.15, 0.2) is 5.41 Å². The van der Waals surface area contributed by atoms with Gasteiger partial charge in [0.05, 0.1) is 56.2 Å². The van der Waals surface area contributed by atoms with Crippen LogP contribution in [0.25, 0.3) is 0 Å². The van der Waals surface area contributed by atoms with Crippen LogP contribution in [0.4, 0.5) is 0 Å². The Kier molecular flexibility index (Phi) is 6.01. The number of carbonyl (C=O) groups is 1. The van der Waals surface area contributed by atoms with Crippen LogP contribution in [0.5, 0.6) is 0 Å². The van der Waals surface area contributed by atoms with Crippen molar-refractivity contribution in [2.75, 3.05) is 26.7 Å².